The van der Waals surface area contributed by atoms with E-state index in [0.717, 1.165) is 23.7 Å². The van der Waals surface area contributed by atoms with Crippen LogP contribution in [0.25, 0.3) is 0 Å². The number of benzene rings is 1. The van der Waals surface area contributed by atoms with Gasteiger partial charge in [0.05, 0.1) is 14.2 Å². The highest BCUT2D eigenvalue weighted by Gasteiger charge is 2.05. The van der Waals surface area contributed by atoms with Gasteiger partial charge in [-0.3, -0.25) is 0 Å². The van der Waals surface area contributed by atoms with Crippen LogP contribution in [-0.4, -0.2) is 20.8 Å². The molecule has 0 aromatic heterocycles. The SMILES string of the molecule is CCCC(C)CNc1ccc(OC)c(OC)c1. The standard InChI is InChI=1S/C14H23NO2/c1-5-6-11(2)10-15-12-7-8-13(16-3)14(9-12)17-4/h7-9,11,15H,5-6,10H2,1-4H3. The van der Waals surface area contributed by atoms with Gasteiger partial charge in [0, 0.05) is 18.3 Å². The summed E-state index contributed by atoms with van der Waals surface area (Å²) in [4.78, 5) is 0. The van der Waals surface area contributed by atoms with Crippen LogP contribution in [0.2, 0.25) is 0 Å². The van der Waals surface area contributed by atoms with E-state index < -0.39 is 0 Å². The summed E-state index contributed by atoms with van der Waals surface area (Å²) in [6, 6.07) is 5.91. The van der Waals surface area contributed by atoms with Crippen molar-refractivity contribution in [1.29, 1.82) is 0 Å². The van der Waals surface area contributed by atoms with Crippen LogP contribution in [0.3, 0.4) is 0 Å². The van der Waals surface area contributed by atoms with Gasteiger partial charge < -0.3 is 14.8 Å². The van der Waals surface area contributed by atoms with Crippen LogP contribution >= 0.6 is 0 Å². The second-order valence-electron chi connectivity index (χ2n) is 4.34. The molecule has 0 aliphatic rings. The Bertz CT molecular complexity index is 339. The summed E-state index contributed by atoms with van der Waals surface area (Å²) in [6.07, 6.45) is 2.48. The lowest BCUT2D eigenvalue weighted by atomic mass is 10.1. The number of hydrogen-bond acceptors (Lipinski definition) is 3. The van der Waals surface area contributed by atoms with Gasteiger partial charge in [-0.1, -0.05) is 20.3 Å². The van der Waals surface area contributed by atoms with Gasteiger partial charge in [0.15, 0.2) is 11.5 Å². The summed E-state index contributed by atoms with van der Waals surface area (Å²) >= 11 is 0. The quantitative estimate of drug-likeness (QED) is 0.786. The van der Waals surface area contributed by atoms with Gasteiger partial charge in [-0.2, -0.15) is 0 Å². The molecule has 1 rings (SSSR count). The van der Waals surface area contributed by atoms with Crippen LogP contribution in [0.4, 0.5) is 5.69 Å². The van der Waals surface area contributed by atoms with Gasteiger partial charge in [0.1, 0.15) is 0 Å². The maximum atomic E-state index is 5.27. The fourth-order valence-electron chi connectivity index (χ4n) is 1.83. The predicted octanol–water partition coefficient (Wildman–Crippen LogP) is 3.55. The van der Waals surface area contributed by atoms with Crippen molar-refractivity contribution in [2.75, 3.05) is 26.1 Å². The van der Waals surface area contributed by atoms with E-state index in [1.165, 1.54) is 12.8 Å². The Morgan fingerprint density at radius 2 is 1.88 bits per heavy atom. The maximum Gasteiger partial charge on any atom is 0.162 e. The molecule has 0 saturated heterocycles. The van der Waals surface area contributed by atoms with Gasteiger partial charge in [0.2, 0.25) is 0 Å². The molecule has 0 bridgehead atoms. The summed E-state index contributed by atoms with van der Waals surface area (Å²) in [5.74, 6) is 2.22. The van der Waals surface area contributed by atoms with Crippen molar-refractivity contribution in [2.45, 2.75) is 26.7 Å². The molecule has 1 N–H and O–H groups in total. The third kappa shape index (κ3) is 4.17. The molecule has 17 heavy (non-hydrogen) atoms. The van der Waals surface area contributed by atoms with Gasteiger partial charge in [-0.15, -0.1) is 0 Å². The summed E-state index contributed by atoms with van der Waals surface area (Å²) in [5, 5.41) is 3.42. The molecule has 0 heterocycles. The molecule has 1 unspecified atom stereocenters. The Hall–Kier alpha value is -1.38. The predicted molar refractivity (Wildman–Crippen MR) is 72.1 cm³/mol. The molecule has 1 aromatic rings. The first kappa shape index (κ1) is 13.7. The highest BCUT2D eigenvalue weighted by atomic mass is 16.5. The van der Waals surface area contributed by atoms with Crippen molar-refractivity contribution in [2.24, 2.45) is 5.92 Å². The molecule has 0 aliphatic carbocycles. The van der Waals surface area contributed by atoms with Gasteiger partial charge in [0.25, 0.3) is 0 Å². The van der Waals surface area contributed by atoms with Crippen molar-refractivity contribution < 1.29 is 9.47 Å². The largest absolute Gasteiger partial charge is 0.493 e. The Morgan fingerprint density at radius 1 is 1.18 bits per heavy atom. The normalized spacial score (nSPS) is 12.0. The fraction of sp³-hybridized carbons (Fsp3) is 0.571. The van der Waals surface area contributed by atoms with E-state index in [2.05, 4.69) is 19.2 Å². The van der Waals surface area contributed by atoms with E-state index in [4.69, 9.17) is 9.47 Å². The van der Waals surface area contributed by atoms with Crippen molar-refractivity contribution in [3.63, 3.8) is 0 Å². The highest BCUT2D eigenvalue weighted by molar-refractivity contribution is 5.54. The molecule has 0 spiro atoms. The molecule has 3 nitrogen and oxygen atoms in total. The van der Waals surface area contributed by atoms with Crippen molar-refractivity contribution in [3.05, 3.63) is 18.2 Å². The molecule has 3 heteroatoms. The molecule has 0 saturated carbocycles. The summed E-state index contributed by atoms with van der Waals surface area (Å²) < 4.78 is 10.5. The Balaban J connectivity index is 2.60. The van der Waals surface area contributed by atoms with Crippen LogP contribution < -0.4 is 14.8 Å². The first-order valence-corrected chi connectivity index (χ1v) is 6.17. The minimum Gasteiger partial charge on any atom is -0.493 e. The third-order valence-corrected chi connectivity index (χ3v) is 2.82. The Labute approximate surface area is 104 Å². The molecule has 1 aromatic carbocycles. The van der Waals surface area contributed by atoms with Crippen molar-refractivity contribution in [1.82, 2.24) is 0 Å². The van der Waals surface area contributed by atoms with Gasteiger partial charge in [-0.05, 0) is 24.5 Å². The van der Waals surface area contributed by atoms with E-state index in [-0.39, 0.29) is 0 Å². The van der Waals surface area contributed by atoms with Crippen LogP contribution in [0.5, 0.6) is 11.5 Å². The lowest BCUT2D eigenvalue weighted by molar-refractivity contribution is 0.355. The molecule has 96 valence electrons. The van der Waals surface area contributed by atoms with E-state index in [1.54, 1.807) is 14.2 Å². The number of anilines is 1. The minimum atomic E-state index is 0.688. The Morgan fingerprint density at radius 3 is 2.47 bits per heavy atom. The number of nitrogens with one attached hydrogen (secondary N) is 1. The van der Waals surface area contributed by atoms with Crippen LogP contribution in [0, 0.1) is 5.92 Å². The molecular formula is C14H23NO2. The van der Waals surface area contributed by atoms with Crippen LogP contribution in [-0.2, 0) is 0 Å². The van der Waals surface area contributed by atoms with Crippen molar-refractivity contribution >= 4 is 5.69 Å². The number of ether oxygens (including phenoxy) is 2. The zero-order chi connectivity index (χ0) is 12.7. The number of rotatable bonds is 7. The lowest BCUT2D eigenvalue weighted by Gasteiger charge is -2.14. The first-order valence-electron chi connectivity index (χ1n) is 6.17. The topological polar surface area (TPSA) is 30.5 Å². The molecule has 0 aliphatic heterocycles. The van der Waals surface area contributed by atoms with E-state index in [1.807, 2.05) is 18.2 Å². The number of methoxy groups -OCH3 is 2. The van der Waals surface area contributed by atoms with Gasteiger partial charge >= 0.3 is 0 Å². The summed E-state index contributed by atoms with van der Waals surface area (Å²) in [6.45, 7) is 5.47. The lowest BCUT2D eigenvalue weighted by Crippen LogP contribution is -2.11. The molecule has 1 atom stereocenters. The first-order chi connectivity index (χ1) is 8.21. The van der Waals surface area contributed by atoms with Crippen LogP contribution in [0.15, 0.2) is 18.2 Å². The second-order valence-corrected chi connectivity index (χ2v) is 4.34. The zero-order valence-electron chi connectivity index (χ0n) is 11.2. The summed E-state index contributed by atoms with van der Waals surface area (Å²) in [5.41, 5.74) is 1.07. The monoisotopic (exact) mass is 237 g/mol. The second kappa shape index (κ2) is 7.05. The fourth-order valence-corrected chi connectivity index (χ4v) is 1.83. The van der Waals surface area contributed by atoms with Gasteiger partial charge in [-0.25, -0.2) is 0 Å². The summed E-state index contributed by atoms with van der Waals surface area (Å²) in [7, 11) is 3.30. The average molecular weight is 237 g/mol. The zero-order valence-corrected chi connectivity index (χ0v) is 11.2. The van der Waals surface area contributed by atoms with E-state index >= 15 is 0 Å². The van der Waals surface area contributed by atoms with Crippen LogP contribution in [0.1, 0.15) is 26.7 Å². The molecule has 0 radical (unpaired) electrons. The maximum absolute atomic E-state index is 5.27. The van der Waals surface area contributed by atoms with Crippen molar-refractivity contribution in [3.8, 4) is 11.5 Å². The molecular weight excluding hydrogens is 214 g/mol. The van der Waals surface area contributed by atoms with E-state index in [0.29, 0.717) is 5.92 Å². The molecule has 0 amide bonds. The highest BCUT2D eigenvalue weighted by Crippen LogP contribution is 2.29. The Kier molecular flexibility index (Phi) is 5.67. The number of hydrogen-bond donors (Lipinski definition) is 1. The average Bonchev–Trinajstić information content (AvgIpc) is 2.36. The molecule has 0 fully saturated rings. The third-order valence-electron chi connectivity index (χ3n) is 2.82. The smallest absolute Gasteiger partial charge is 0.162 e. The minimum absolute atomic E-state index is 0.688. The van der Waals surface area contributed by atoms with E-state index in [9.17, 15) is 0 Å².